The third-order valence-corrected chi connectivity index (χ3v) is 9.61. The Morgan fingerprint density at radius 1 is 1.00 bits per heavy atom. The molecular formula is C20H31N3O5S2. The first-order chi connectivity index (χ1) is 14.2. The highest BCUT2D eigenvalue weighted by Gasteiger charge is 2.31. The van der Waals surface area contributed by atoms with Gasteiger partial charge in [0.2, 0.25) is 26.0 Å². The van der Waals surface area contributed by atoms with Gasteiger partial charge in [-0.05, 0) is 56.7 Å². The van der Waals surface area contributed by atoms with Crippen molar-refractivity contribution in [2.75, 3.05) is 38.5 Å². The van der Waals surface area contributed by atoms with Crippen LogP contribution in [0.15, 0.2) is 29.2 Å². The minimum absolute atomic E-state index is 0.0464. The second-order valence-electron chi connectivity index (χ2n) is 7.89. The molecule has 2 saturated heterocycles. The smallest absolute Gasteiger partial charge is 0.243 e. The molecular weight excluding hydrogens is 426 g/mol. The van der Waals surface area contributed by atoms with E-state index in [2.05, 4.69) is 5.32 Å². The van der Waals surface area contributed by atoms with Crippen LogP contribution in [0.4, 0.5) is 0 Å². The molecule has 1 aromatic carbocycles. The number of rotatable bonds is 8. The van der Waals surface area contributed by atoms with Gasteiger partial charge in [-0.2, -0.15) is 4.31 Å². The molecule has 1 aromatic rings. The summed E-state index contributed by atoms with van der Waals surface area (Å²) in [7, 11) is -6.69. The molecule has 168 valence electrons. The molecule has 2 fully saturated rings. The molecule has 8 nitrogen and oxygen atoms in total. The van der Waals surface area contributed by atoms with Gasteiger partial charge in [0.05, 0.1) is 16.6 Å². The highest BCUT2D eigenvalue weighted by atomic mass is 32.2. The van der Waals surface area contributed by atoms with Crippen molar-refractivity contribution in [2.45, 2.75) is 43.9 Å². The lowest BCUT2D eigenvalue weighted by Crippen LogP contribution is -2.46. The van der Waals surface area contributed by atoms with Crippen LogP contribution in [0.3, 0.4) is 0 Å². The van der Waals surface area contributed by atoms with Crippen LogP contribution in [0.1, 0.15) is 38.2 Å². The molecule has 1 N–H and O–H groups in total. The number of carbonyl (C=O) groups is 1. The van der Waals surface area contributed by atoms with Crippen molar-refractivity contribution in [3.63, 3.8) is 0 Å². The molecule has 0 aromatic heterocycles. The Morgan fingerprint density at radius 3 is 2.27 bits per heavy atom. The van der Waals surface area contributed by atoms with E-state index in [0.717, 1.165) is 18.4 Å². The largest absolute Gasteiger partial charge is 0.355 e. The second-order valence-corrected chi connectivity index (χ2v) is 12.1. The number of hydrogen-bond donors (Lipinski definition) is 1. The average molecular weight is 458 g/mol. The Hall–Kier alpha value is -1.49. The first-order valence-corrected chi connectivity index (χ1v) is 13.6. The van der Waals surface area contributed by atoms with E-state index in [1.165, 1.54) is 8.61 Å². The van der Waals surface area contributed by atoms with Crippen LogP contribution in [0.2, 0.25) is 0 Å². The maximum atomic E-state index is 12.6. The first kappa shape index (κ1) is 23.2. The fourth-order valence-electron chi connectivity index (χ4n) is 3.97. The van der Waals surface area contributed by atoms with E-state index in [1.54, 1.807) is 31.2 Å². The van der Waals surface area contributed by atoms with E-state index in [4.69, 9.17) is 0 Å². The number of amides is 1. The summed E-state index contributed by atoms with van der Waals surface area (Å²) in [6.45, 7) is 3.91. The number of carbonyl (C=O) groups excluding carboxylic acids is 1. The van der Waals surface area contributed by atoms with Gasteiger partial charge >= 0.3 is 0 Å². The van der Waals surface area contributed by atoms with E-state index in [9.17, 15) is 21.6 Å². The third kappa shape index (κ3) is 5.40. The van der Waals surface area contributed by atoms with Crippen LogP contribution in [-0.4, -0.2) is 69.8 Å². The summed E-state index contributed by atoms with van der Waals surface area (Å²) in [5.74, 6) is -0.405. The minimum Gasteiger partial charge on any atom is -0.355 e. The number of piperidine rings is 1. The second kappa shape index (κ2) is 9.76. The first-order valence-electron chi connectivity index (χ1n) is 10.6. The van der Waals surface area contributed by atoms with Gasteiger partial charge in [-0.1, -0.05) is 12.1 Å². The van der Waals surface area contributed by atoms with Crippen molar-refractivity contribution in [1.29, 1.82) is 0 Å². The molecule has 0 spiro atoms. The molecule has 2 aliphatic rings. The maximum absolute atomic E-state index is 12.6. The van der Waals surface area contributed by atoms with Gasteiger partial charge < -0.3 is 5.32 Å². The Kier molecular flexibility index (Phi) is 7.54. The van der Waals surface area contributed by atoms with E-state index in [0.29, 0.717) is 50.3 Å². The van der Waals surface area contributed by atoms with Crippen molar-refractivity contribution >= 4 is 26.0 Å². The Balaban J connectivity index is 1.49. The van der Waals surface area contributed by atoms with Gasteiger partial charge in [-0.15, -0.1) is 0 Å². The van der Waals surface area contributed by atoms with E-state index < -0.39 is 20.0 Å². The van der Waals surface area contributed by atoms with Crippen LogP contribution in [0.25, 0.3) is 0 Å². The zero-order chi connectivity index (χ0) is 21.8. The van der Waals surface area contributed by atoms with Crippen LogP contribution in [0.5, 0.6) is 0 Å². The molecule has 1 amide bonds. The molecule has 3 rings (SSSR count). The Morgan fingerprint density at radius 2 is 1.63 bits per heavy atom. The van der Waals surface area contributed by atoms with Crippen molar-refractivity contribution in [3.8, 4) is 0 Å². The van der Waals surface area contributed by atoms with Gasteiger partial charge in [0.1, 0.15) is 0 Å². The summed E-state index contributed by atoms with van der Waals surface area (Å²) < 4.78 is 52.2. The van der Waals surface area contributed by atoms with Crippen LogP contribution in [0, 0.1) is 5.92 Å². The summed E-state index contributed by atoms with van der Waals surface area (Å²) >= 11 is 0. The molecule has 0 aliphatic carbocycles. The van der Waals surface area contributed by atoms with E-state index in [1.807, 2.05) is 0 Å². The van der Waals surface area contributed by atoms with E-state index in [-0.39, 0.29) is 24.1 Å². The predicted molar refractivity (Wildman–Crippen MR) is 115 cm³/mol. The zero-order valence-corrected chi connectivity index (χ0v) is 19.1. The van der Waals surface area contributed by atoms with Crippen molar-refractivity contribution < 1.29 is 21.6 Å². The molecule has 30 heavy (non-hydrogen) atoms. The fourth-order valence-corrected chi connectivity index (χ4v) is 6.67. The summed E-state index contributed by atoms with van der Waals surface area (Å²) in [6.07, 6.45) is 3.76. The molecule has 0 saturated carbocycles. The van der Waals surface area contributed by atoms with E-state index >= 15 is 0 Å². The Labute approximate surface area is 179 Å². The van der Waals surface area contributed by atoms with Crippen LogP contribution >= 0.6 is 0 Å². The van der Waals surface area contributed by atoms with Crippen LogP contribution in [-0.2, 0) is 31.3 Å². The van der Waals surface area contributed by atoms with Gasteiger partial charge in [-0.3, -0.25) is 4.79 Å². The minimum atomic E-state index is -3.41. The van der Waals surface area contributed by atoms with Crippen molar-refractivity contribution in [1.82, 2.24) is 13.9 Å². The van der Waals surface area contributed by atoms with Crippen LogP contribution < -0.4 is 5.32 Å². The van der Waals surface area contributed by atoms with Gasteiger partial charge in [-0.25, -0.2) is 21.1 Å². The zero-order valence-electron chi connectivity index (χ0n) is 17.4. The molecule has 0 unspecified atom stereocenters. The number of benzene rings is 1. The molecule has 1 atom stereocenters. The SMILES string of the molecule is CCS(=O)(=O)N1CCC[C@@H](C(=O)NCCc2ccc(S(=O)(=O)N3CCCC3)cc2)C1. The average Bonchev–Trinajstić information content (AvgIpc) is 3.30. The summed E-state index contributed by atoms with van der Waals surface area (Å²) in [5.41, 5.74) is 0.939. The van der Waals surface area contributed by atoms with Crippen molar-refractivity contribution in [2.24, 2.45) is 5.92 Å². The lowest BCUT2D eigenvalue weighted by Gasteiger charge is -2.30. The topological polar surface area (TPSA) is 104 Å². The lowest BCUT2D eigenvalue weighted by atomic mass is 9.99. The number of nitrogens with one attached hydrogen (secondary N) is 1. The molecule has 10 heteroatoms. The highest BCUT2D eigenvalue weighted by Crippen LogP contribution is 2.22. The van der Waals surface area contributed by atoms with Gasteiger partial charge in [0.15, 0.2) is 0 Å². The van der Waals surface area contributed by atoms with Gasteiger partial charge in [0.25, 0.3) is 0 Å². The molecule has 2 heterocycles. The fraction of sp³-hybridized carbons (Fsp3) is 0.650. The molecule has 0 bridgehead atoms. The summed E-state index contributed by atoms with van der Waals surface area (Å²) in [4.78, 5) is 12.8. The molecule has 0 radical (unpaired) electrons. The monoisotopic (exact) mass is 457 g/mol. The standard InChI is InChI=1S/C20H31N3O5S2/c1-2-29(25,26)23-15-5-6-18(16-23)20(24)21-12-11-17-7-9-19(10-8-17)30(27,28)22-13-3-4-14-22/h7-10,18H,2-6,11-16H2,1H3,(H,21,24)/t18-/m1/s1. The summed E-state index contributed by atoms with van der Waals surface area (Å²) in [6, 6.07) is 6.81. The lowest BCUT2D eigenvalue weighted by molar-refractivity contribution is -0.126. The third-order valence-electron chi connectivity index (χ3n) is 5.85. The number of hydrogen-bond acceptors (Lipinski definition) is 5. The highest BCUT2D eigenvalue weighted by molar-refractivity contribution is 7.89. The normalized spacial score (nSPS) is 21.6. The maximum Gasteiger partial charge on any atom is 0.243 e. The van der Waals surface area contributed by atoms with Gasteiger partial charge in [0, 0.05) is 32.7 Å². The number of nitrogens with zero attached hydrogens (tertiary/aromatic N) is 2. The number of sulfonamides is 2. The quantitative estimate of drug-likeness (QED) is 0.632. The summed E-state index contributed by atoms with van der Waals surface area (Å²) in [5, 5.41) is 2.89. The molecule has 2 aliphatic heterocycles. The Bertz CT molecular complexity index is 939. The van der Waals surface area contributed by atoms with Crippen molar-refractivity contribution in [3.05, 3.63) is 29.8 Å². The predicted octanol–water partition coefficient (Wildman–Crippen LogP) is 1.19.